The first-order valence-electron chi connectivity index (χ1n) is 7.53. The largest absolute Gasteiger partial charge is 0.379 e. The van der Waals surface area contributed by atoms with E-state index in [2.05, 4.69) is 5.32 Å². The van der Waals surface area contributed by atoms with Crippen molar-refractivity contribution in [3.63, 3.8) is 0 Å². The first-order valence-corrected chi connectivity index (χ1v) is 7.53. The van der Waals surface area contributed by atoms with Gasteiger partial charge in [-0.3, -0.25) is 19.7 Å². The van der Waals surface area contributed by atoms with Crippen LogP contribution in [0.1, 0.15) is 19.3 Å². The first-order chi connectivity index (χ1) is 11.0. The number of benzene rings is 1. The number of nitrogens with zero attached hydrogens (tertiary/aromatic N) is 2. The van der Waals surface area contributed by atoms with E-state index in [4.69, 9.17) is 5.73 Å². The van der Waals surface area contributed by atoms with Gasteiger partial charge in [-0.2, -0.15) is 0 Å². The van der Waals surface area contributed by atoms with Gasteiger partial charge in [-0.15, -0.1) is 0 Å². The average molecular weight is 320 g/mol. The summed E-state index contributed by atoms with van der Waals surface area (Å²) < 4.78 is 0. The molecule has 1 aromatic carbocycles. The van der Waals surface area contributed by atoms with Gasteiger partial charge in [0.2, 0.25) is 11.8 Å². The van der Waals surface area contributed by atoms with Crippen molar-refractivity contribution in [1.29, 1.82) is 0 Å². The summed E-state index contributed by atoms with van der Waals surface area (Å²) in [4.78, 5) is 35.5. The van der Waals surface area contributed by atoms with Gasteiger partial charge in [0, 0.05) is 32.1 Å². The van der Waals surface area contributed by atoms with E-state index in [1.54, 1.807) is 23.1 Å². The molecule has 1 unspecified atom stereocenters. The molecule has 3 N–H and O–H groups in total. The first kappa shape index (κ1) is 16.7. The van der Waals surface area contributed by atoms with Gasteiger partial charge in [-0.25, -0.2) is 0 Å². The summed E-state index contributed by atoms with van der Waals surface area (Å²) in [5, 5.41) is 13.8. The number of nitrogens with one attached hydrogen (secondary N) is 1. The molecule has 1 atom stereocenters. The van der Waals surface area contributed by atoms with Crippen molar-refractivity contribution in [1.82, 2.24) is 4.90 Å². The van der Waals surface area contributed by atoms with E-state index < -0.39 is 4.92 Å². The highest BCUT2D eigenvalue weighted by molar-refractivity contribution is 5.80. The number of hydrogen-bond acceptors (Lipinski definition) is 5. The molecule has 8 heteroatoms. The van der Waals surface area contributed by atoms with Crippen LogP contribution in [0.15, 0.2) is 24.3 Å². The Hall–Kier alpha value is -2.64. The number of primary amides is 1. The van der Waals surface area contributed by atoms with Crippen molar-refractivity contribution in [3.8, 4) is 0 Å². The van der Waals surface area contributed by atoms with Gasteiger partial charge >= 0.3 is 0 Å². The van der Waals surface area contributed by atoms with Crippen LogP contribution in [0.2, 0.25) is 0 Å². The molecule has 124 valence electrons. The number of hydrogen-bond donors (Lipinski definition) is 2. The maximum atomic E-state index is 12.2. The highest BCUT2D eigenvalue weighted by Gasteiger charge is 2.26. The number of likely N-dealkylation sites (tertiary alicyclic amines) is 1. The zero-order chi connectivity index (χ0) is 16.8. The Kier molecular flexibility index (Phi) is 5.51. The van der Waals surface area contributed by atoms with Crippen molar-refractivity contribution >= 4 is 23.2 Å². The van der Waals surface area contributed by atoms with Crippen LogP contribution in [0.3, 0.4) is 0 Å². The number of anilines is 1. The SMILES string of the molecule is NC(=O)C1CCCN(C(=O)CCNc2ccccc2[N+](=O)[O-])C1. The van der Waals surface area contributed by atoms with E-state index in [1.807, 2.05) is 0 Å². The summed E-state index contributed by atoms with van der Waals surface area (Å²) in [6.07, 6.45) is 1.68. The number of piperidine rings is 1. The molecule has 1 heterocycles. The minimum Gasteiger partial charge on any atom is -0.379 e. The Bertz CT molecular complexity index is 605. The lowest BCUT2D eigenvalue weighted by atomic mass is 9.97. The molecule has 1 saturated heterocycles. The standard InChI is InChI=1S/C15H20N4O4/c16-15(21)11-4-3-9-18(10-11)14(20)7-8-17-12-5-1-2-6-13(12)19(22)23/h1-2,5-6,11,17H,3-4,7-10H2,(H2,16,21). The van der Waals surface area contributed by atoms with Crippen molar-refractivity contribution < 1.29 is 14.5 Å². The Balaban J connectivity index is 1.85. The molecule has 0 bridgehead atoms. The molecule has 0 aliphatic carbocycles. The van der Waals surface area contributed by atoms with Gasteiger partial charge in [0.05, 0.1) is 10.8 Å². The van der Waals surface area contributed by atoms with Crippen molar-refractivity contribution in [3.05, 3.63) is 34.4 Å². The number of nitro benzene ring substituents is 1. The minimum absolute atomic E-state index is 0.0216. The fraction of sp³-hybridized carbons (Fsp3) is 0.467. The number of nitrogens with two attached hydrogens (primary N) is 1. The van der Waals surface area contributed by atoms with Crippen molar-refractivity contribution in [2.75, 3.05) is 25.0 Å². The highest BCUT2D eigenvalue weighted by Crippen LogP contribution is 2.23. The third kappa shape index (κ3) is 4.41. The molecule has 23 heavy (non-hydrogen) atoms. The molecular weight excluding hydrogens is 300 g/mol. The fourth-order valence-corrected chi connectivity index (χ4v) is 2.68. The van der Waals surface area contributed by atoms with Crippen LogP contribution < -0.4 is 11.1 Å². The third-order valence-corrected chi connectivity index (χ3v) is 3.93. The Morgan fingerprint density at radius 3 is 2.83 bits per heavy atom. The molecule has 1 fully saturated rings. The third-order valence-electron chi connectivity index (χ3n) is 3.93. The van der Waals surface area contributed by atoms with E-state index in [9.17, 15) is 19.7 Å². The molecule has 1 aromatic rings. The number of nitro groups is 1. The van der Waals surface area contributed by atoms with Gasteiger partial charge in [-0.1, -0.05) is 12.1 Å². The van der Waals surface area contributed by atoms with Crippen molar-refractivity contribution in [2.45, 2.75) is 19.3 Å². The van der Waals surface area contributed by atoms with Gasteiger partial charge in [0.1, 0.15) is 5.69 Å². The Morgan fingerprint density at radius 2 is 2.13 bits per heavy atom. The fourth-order valence-electron chi connectivity index (χ4n) is 2.68. The van der Waals surface area contributed by atoms with E-state index in [0.29, 0.717) is 31.7 Å². The van der Waals surface area contributed by atoms with Crippen molar-refractivity contribution in [2.24, 2.45) is 11.7 Å². The van der Waals surface area contributed by atoms with Gasteiger partial charge < -0.3 is 16.0 Å². The van der Waals surface area contributed by atoms with E-state index in [1.165, 1.54) is 6.07 Å². The van der Waals surface area contributed by atoms with Crippen LogP contribution in [-0.2, 0) is 9.59 Å². The summed E-state index contributed by atoms with van der Waals surface area (Å²) >= 11 is 0. The number of amides is 2. The minimum atomic E-state index is -0.466. The summed E-state index contributed by atoms with van der Waals surface area (Å²) in [5.41, 5.74) is 5.66. The number of rotatable bonds is 6. The summed E-state index contributed by atoms with van der Waals surface area (Å²) in [7, 11) is 0. The van der Waals surface area contributed by atoms with Gasteiger partial charge in [0.15, 0.2) is 0 Å². The predicted molar refractivity (Wildman–Crippen MR) is 84.7 cm³/mol. The Labute approximate surface area is 133 Å². The predicted octanol–water partition coefficient (Wildman–Crippen LogP) is 1.12. The van der Waals surface area contributed by atoms with Crippen LogP contribution in [0.25, 0.3) is 0 Å². The zero-order valence-electron chi connectivity index (χ0n) is 12.7. The van der Waals surface area contributed by atoms with E-state index >= 15 is 0 Å². The van der Waals surface area contributed by atoms with Crippen LogP contribution in [0, 0.1) is 16.0 Å². The van der Waals surface area contributed by atoms with Crippen LogP contribution >= 0.6 is 0 Å². The smallest absolute Gasteiger partial charge is 0.292 e. The van der Waals surface area contributed by atoms with Crippen LogP contribution in [-0.4, -0.2) is 41.3 Å². The topological polar surface area (TPSA) is 119 Å². The monoisotopic (exact) mass is 320 g/mol. The number of carbonyl (C=O) groups is 2. The van der Waals surface area contributed by atoms with E-state index in [0.717, 1.165) is 6.42 Å². The maximum Gasteiger partial charge on any atom is 0.292 e. The summed E-state index contributed by atoms with van der Waals surface area (Å²) in [6, 6.07) is 6.30. The quantitative estimate of drug-likeness (QED) is 0.601. The zero-order valence-corrected chi connectivity index (χ0v) is 12.7. The molecule has 2 rings (SSSR count). The molecule has 0 saturated carbocycles. The molecule has 0 aromatic heterocycles. The molecule has 2 amide bonds. The van der Waals surface area contributed by atoms with Gasteiger partial charge in [0.25, 0.3) is 5.69 Å². The Morgan fingerprint density at radius 1 is 1.39 bits per heavy atom. The number of para-hydroxylation sites is 2. The molecular formula is C15H20N4O4. The van der Waals surface area contributed by atoms with Gasteiger partial charge in [-0.05, 0) is 18.9 Å². The van der Waals surface area contributed by atoms with E-state index in [-0.39, 0.29) is 29.8 Å². The lowest BCUT2D eigenvalue weighted by Gasteiger charge is -2.31. The lowest BCUT2D eigenvalue weighted by molar-refractivity contribution is -0.384. The maximum absolute atomic E-state index is 12.2. The van der Waals surface area contributed by atoms with Crippen LogP contribution in [0.5, 0.6) is 0 Å². The second kappa shape index (κ2) is 7.57. The highest BCUT2D eigenvalue weighted by atomic mass is 16.6. The molecule has 0 spiro atoms. The second-order valence-corrected chi connectivity index (χ2v) is 5.53. The molecule has 0 radical (unpaired) electrons. The summed E-state index contributed by atoms with van der Waals surface area (Å²) in [6.45, 7) is 1.27. The average Bonchev–Trinajstić information content (AvgIpc) is 2.55. The molecule has 1 aliphatic heterocycles. The van der Waals surface area contributed by atoms with Crippen LogP contribution in [0.4, 0.5) is 11.4 Å². The molecule has 8 nitrogen and oxygen atoms in total. The normalized spacial score (nSPS) is 17.6. The summed E-state index contributed by atoms with van der Waals surface area (Å²) in [5.74, 6) is -0.738. The lowest BCUT2D eigenvalue weighted by Crippen LogP contribution is -2.44. The number of carbonyl (C=O) groups excluding carboxylic acids is 2. The second-order valence-electron chi connectivity index (χ2n) is 5.53. The molecule has 1 aliphatic rings.